The van der Waals surface area contributed by atoms with Gasteiger partial charge in [0.25, 0.3) is 5.91 Å². The average molecular weight is 360 g/mol. The molecule has 3 aromatic carbocycles. The summed E-state index contributed by atoms with van der Waals surface area (Å²) in [6.45, 7) is 0.195. The van der Waals surface area contributed by atoms with E-state index in [4.69, 9.17) is 4.74 Å². The van der Waals surface area contributed by atoms with Crippen molar-refractivity contribution in [2.45, 2.75) is 12.5 Å². The van der Waals surface area contributed by atoms with Crippen molar-refractivity contribution in [3.8, 4) is 5.75 Å². The Kier molecular flexibility index (Phi) is 4.50. The molecule has 1 N–H and O–H groups in total. The lowest BCUT2D eigenvalue weighted by Gasteiger charge is -2.34. The van der Waals surface area contributed by atoms with E-state index in [1.807, 2.05) is 60.7 Å². The van der Waals surface area contributed by atoms with E-state index in [1.54, 1.807) is 18.0 Å². The molecule has 0 saturated heterocycles. The number of hydrogen-bond donors (Lipinski definition) is 1. The van der Waals surface area contributed by atoms with Crippen LogP contribution in [0.3, 0.4) is 0 Å². The Labute approximate surface area is 157 Å². The van der Waals surface area contributed by atoms with Crippen molar-refractivity contribution in [2.24, 2.45) is 0 Å². The van der Waals surface area contributed by atoms with E-state index >= 15 is 0 Å². The van der Waals surface area contributed by atoms with Crippen LogP contribution in [-0.2, 0) is 16.0 Å². The van der Waals surface area contributed by atoms with Crippen molar-refractivity contribution in [3.05, 3.63) is 72.3 Å². The summed E-state index contributed by atoms with van der Waals surface area (Å²) < 4.78 is 5.78. The van der Waals surface area contributed by atoms with Crippen molar-refractivity contribution in [1.82, 2.24) is 5.32 Å². The van der Waals surface area contributed by atoms with Gasteiger partial charge in [-0.2, -0.15) is 0 Å². The molecule has 136 valence electrons. The molecule has 0 bridgehead atoms. The predicted octanol–water partition coefficient (Wildman–Crippen LogP) is 2.92. The van der Waals surface area contributed by atoms with Crippen LogP contribution in [0.25, 0.3) is 10.8 Å². The first-order valence-corrected chi connectivity index (χ1v) is 8.91. The van der Waals surface area contributed by atoms with Gasteiger partial charge in [-0.15, -0.1) is 0 Å². The van der Waals surface area contributed by atoms with E-state index < -0.39 is 6.10 Å². The van der Waals surface area contributed by atoms with Gasteiger partial charge in [0.05, 0.1) is 18.7 Å². The zero-order chi connectivity index (χ0) is 18.8. The first-order chi connectivity index (χ1) is 13.2. The minimum atomic E-state index is -0.721. The van der Waals surface area contributed by atoms with Gasteiger partial charge < -0.3 is 15.0 Å². The van der Waals surface area contributed by atoms with Crippen LogP contribution in [0.15, 0.2) is 66.7 Å². The van der Waals surface area contributed by atoms with Crippen molar-refractivity contribution >= 4 is 28.3 Å². The van der Waals surface area contributed by atoms with Crippen molar-refractivity contribution in [3.63, 3.8) is 0 Å². The predicted molar refractivity (Wildman–Crippen MR) is 105 cm³/mol. The fourth-order valence-electron chi connectivity index (χ4n) is 3.47. The first kappa shape index (κ1) is 17.1. The maximum atomic E-state index is 13.2. The van der Waals surface area contributed by atoms with Crippen LogP contribution in [0.2, 0.25) is 0 Å². The highest BCUT2D eigenvalue weighted by molar-refractivity contribution is 6.00. The summed E-state index contributed by atoms with van der Waals surface area (Å²) in [6.07, 6.45) is -0.461. The molecule has 3 aromatic rings. The molecule has 0 aromatic heterocycles. The monoisotopic (exact) mass is 360 g/mol. The summed E-state index contributed by atoms with van der Waals surface area (Å²) in [5.74, 6) is 0.243. The standard InChI is InChI=1S/C22H20N2O3/c1-23-22(26)20-14-24(18-11-4-5-12-19(18)27-20)21(25)13-16-9-6-8-15-7-2-3-10-17(15)16/h2-12,20H,13-14H2,1H3,(H,23,26). The fourth-order valence-corrected chi connectivity index (χ4v) is 3.47. The number of nitrogens with zero attached hydrogens (tertiary/aromatic N) is 1. The molecule has 5 heteroatoms. The highest BCUT2D eigenvalue weighted by Crippen LogP contribution is 2.34. The SMILES string of the molecule is CNC(=O)C1CN(C(=O)Cc2cccc3ccccc23)c2ccccc2O1. The maximum absolute atomic E-state index is 13.2. The van der Waals surface area contributed by atoms with Gasteiger partial charge >= 0.3 is 0 Å². The minimum Gasteiger partial charge on any atom is -0.477 e. The number of ether oxygens (including phenoxy) is 1. The van der Waals surface area contributed by atoms with Gasteiger partial charge in [-0.1, -0.05) is 54.6 Å². The second kappa shape index (κ2) is 7.11. The summed E-state index contributed by atoms with van der Waals surface area (Å²) >= 11 is 0. The van der Waals surface area contributed by atoms with Crippen molar-refractivity contribution in [2.75, 3.05) is 18.5 Å². The second-order valence-electron chi connectivity index (χ2n) is 6.51. The molecule has 0 spiro atoms. The summed E-state index contributed by atoms with van der Waals surface area (Å²) in [4.78, 5) is 26.9. The third-order valence-electron chi connectivity index (χ3n) is 4.84. The fraction of sp³-hybridized carbons (Fsp3) is 0.182. The van der Waals surface area contributed by atoms with Gasteiger partial charge in [0.2, 0.25) is 5.91 Å². The zero-order valence-corrected chi connectivity index (χ0v) is 15.0. The molecule has 5 nitrogen and oxygen atoms in total. The van der Waals surface area contributed by atoms with Crippen LogP contribution >= 0.6 is 0 Å². The Balaban J connectivity index is 1.67. The first-order valence-electron chi connectivity index (χ1n) is 8.91. The lowest BCUT2D eigenvalue weighted by atomic mass is 10.0. The van der Waals surface area contributed by atoms with E-state index in [0.29, 0.717) is 11.4 Å². The molecular weight excluding hydrogens is 340 g/mol. The normalized spacial score (nSPS) is 15.7. The molecule has 0 aliphatic carbocycles. The Morgan fingerprint density at radius 3 is 2.63 bits per heavy atom. The maximum Gasteiger partial charge on any atom is 0.262 e. The third-order valence-corrected chi connectivity index (χ3v) is 4.84. The van der Waals surface area contributed by atoms with Crippen molar-refractivity contribution < 1.29 is 14.3 Å². The van der Waals surface area contributed by atoms with Gasteiger partial charge in [0, 0.05) is 7.05 Å². The number of carbonyl (C=O) groups is 2. The lowest BCUT2D eigenvalue weighted by molar-refractivity contribution is -0.127. The van der Waals surface area contributed by atoms with E-state index in [1.165, 1.54) is 0 Å². The Morgan fingerprint density at radius 2 is 1.78 bits per heavy atom. The Morgan fingerprint density at radius 1 is 1.04 bits per heavy atom. The summed E-state index contributed by atoms with van der Waals surface area (Å²) in [6, 6.07) is 21.3. The highest BCUT2D eigenvalue weighted by atomic mass is 16.5. The molecule has 4 rings (SSSR count). The van der Waals surface area contributed by atoms with E-state index in [2.05, 4.69) is 5.32 Å². The van der Waals surface area contributed by atoms with E-state index in [9.17, 15) is 9.59 Å². The number of carbonyl (C=O) groups excluding carboxylic acids is 2. The van der Waals surface area contributed by atoms with Crippen LogP contribution in [0, 0.1) is 0 Å². The quantitative estimate of drug-likeness (QED) is 0.781. The Hall–Kier alpha value is -3.34. The number of anilines is 1. The van der Waals surface area contributed by atoms with Gasteiger partial charge in [0.1, 0.15) is 5.75 Å². The number of fused-ring (bicyclic) bond motifs is 2. The number of nitrogens with one attached hydrogen (secondary N) is 1. The molecule has 2 amide bonds. The van der Waals surface area contributed by atoms with Crippen molar-refractivity contribution in [1.29, 1.82) is 0 Å². The molecular formula is C22H20N2O3. The van der Waals surface area contributed by atoms with E-state index in [0.717, 1.165) is 16.3 Å². The van der Waals surface area contributed by atoms with Crippen LogP contribution in [0.4, 0.5) is 5.69 Å². The minimum absolute atomic E-state index is 0.0593. The lowest BCUT2D eigenvalue weighted by Crippen LogP contribution is -2.50. The smallest absolute Gasteiger partial charge is 0.262 e. The molecule has 0 radical (unpaired) electrons. The van der Waals surface area contributed by atoms with Gasteiger partial charge in [-0.25, -0.2) is 0 Å². The second-order valence-corrected chi connectivity index (χ2v) is 6.51. The number of para-hydroxylation sites is 2. The molecule has 1 heterocycles. The average Bonchev–Trinajstić information content (AvgIpc) is 2.72. The number of hydrogen-bond acceptors (Lipinski definition) is 3. The summed E-state index contributed by atoms with van der Waals surface area (Å²) in [5.41, 5.74) is 1.67. The van der Waals surface area contributed by atoms with E-state index in [-0.39, 0.29) is 24.8 Å². The number of amides is 2. The molecule has 0 saturated carbocycles. The number of rotatable bonds is 3. The van der Waals surface area contributed by atoms with Gasteiger partial charge in [0.15, 0.2) is 6.10 Å². The highest BCUT2D eigenvalue weighted by Gasteiger charge is 2.33. The number of benzene rings is 3. The third kappa shape index (κ3) is 3.24. The summed E-state index contributed by atoms with van der Waals surface area (Å²) in [7, 11) is 1.56. The topological polar surface area (TPSA) is 58.6 Å². The van der Waals surface area contributed by atoms with Crippen LogP contribution in [0.1, 0.15) is 5.56 Å². The molecule has 1 atom stereocenters. The van der Waals surface area contributed by atoms with Gasteiger partial charge in [-0.05, 0) is 28.5 Å². The molecule has 1 aliphatic rings. The molecule has 1 unspecified atom stereocenters. The summed E-state index contributed by atoms with van der Waals surface area (Å²) in [5, 5.41) is 4.77. The molecule has 27 heavy (non-hydrogen) atoms. The van der Waals surface area contributed by atoms with Crippen LogP contribution in [0.5, 0.6) is 5.75 Å². The van der Waals surface area contributed by atoms with Gasteiger partial charge in [-0.3, -0.25) is 9.59 Å². The molecule has 1 aliphatic heterocycles. The van der Waals surface area contributed by atoms with Crippen LogP contribution in [-0.4, -0.2) is 31.5 Å². The zero-order valence-electron chi connectivity index (χ0n) is 15.0. The van der Waals surface area contributed by atoms with Crippen LogP contribution < -0.4 is 15.0 Å². The Bertz CT molecular complexity index is 1010. The largest absolute Gasteiger partial charge is 0.477 e. The molecule has 0 fully saturated rings. The number of likely N-dealkylation sites (N-methyl/N-ethyl adjacent to an activating group) is 1.